The molecule has 2 N–H and O–H groups in total. The third kappa shape index (κ3) is 3.94. The van der Waals surface area contributed by atoms with E-state index in [0.29, 0.717) is 6.04 Å². The maximum Gasteiger partial charge on any atom is 0.0774 e. The van der Waals surface area contributed by atoms with Crippen LogP contribution in [0.25, 0.3) is 0 Å². The van der Waals surface area contributed by atoms with Gasteiger partial charge in [-0.15, -0.1) is 0 Å². The molecule has 1 aliphatic carbocycles. The molecule has 2 aliphatic rings. The van der Waals surface area contributed by atoms with Crippen LogP contribution in [0.2, 0.25) is 0 Å². The first kappa shape index (κ1) is 13.3. The van der Waals surface area contributed by atoms with E-state index in [9.17, 15) is 5.11 Å². The second-order valence-corrected chi connectivity index (χ2v) is 5.91. The van der Waals surface area contributed by atoms with Gasteiger partial charge in [0, 0.05) is 19.1 Å². The van der Waals surface area contributed by atoms with Gasteiger partial charge in [-0.3, -0.25) is 4.90 Å². The molecule has 3 nitrogen and oxygen atoms in total. The lowest BCUT2D eigenvalue weighted by atomic mass is 10.00. The minimum absolute atomic E-state index is 0.384. The van der Waals surface area contributed by atoms with Crippen LogP contribution >= 0.6 is 0 Å². The Balaban J connectivity index is 1.79. The Kier molecular flexibility index (Phi) is 4.83. The van der Waals surface area contributed by atoms with Gasteiger partial charge in [-0.25, -0.2) is 0 Å². The largest absolute Gasteiger partial charge is 0.389 e. The smallest absolute Gasteiger partial charge is 0.0774 e. The molecular weight excluding hydrogens is 212 g/mol. The number of nitrogens with zero attached hydrogens (tertiary/aromatic N) is 1. The molecule has 3 heteroatoms. The zero-order valence-electron chi connectivity index (χ0n) is 11.2. The average Bonchev–Trinajstić information content (AvgIpc) is 2.76. The maximum absolute atomic E-state index is 10.5. The molecule has 17 heavy (non-hydrogen) atoms. The van der Waals surface area contributed by atoms with Crippen molar-refractivity contribution in [3.05, 3.63) is 0 Å². The average molecular weight is 240 g/mol. The van der Waals surface area contributed by atoms with Crippen LogP contribution < -0.4 is 5.32 Å². The van der Waals surface area contributed by atoms with Gasteiger partial charge in [-0.2, -0.15) is 0 Å². The first-order valence-electron chi connectivity index (χ1n) is 7.40. The Morgan fingerprint density at radius 1 is 1.24 bits per heavy atom. The zero-order chi connectivity index (χ0) is 12.1. The molecule has 2 rings (SSSR count). The van der Waals surface area contributed by atoms with Crippen molar-refractivity contribution in [3.8, 4) is 0 Å². The van der Waals surface area contributed by atoms with Crippen LogP contribution in [0, 0.1) is 0 Å². The van der Waals surface area contributed by atoms with Crippen LogP contribution in [0.5, 0.6) is 0 Å². The molecular formula is C14H28N2O. The maximum atomic E-state index is 10.5. The van der Waals surface area contributed by atoms with Gasteiger partial charge >= 0.3 is 0 Å². The number of hydrogen-bond donors (Lipinski definition) is 2. The summed E-state index contributed by atoms with van der Waals surface area (Å²) in [6, 6.07) is 0.647. The fraction of sp³-hybridized carbons (Fsp3) is 1.00. The van der Waals surface area contributed by atoms with Crippen molar-refractivity contribution in [2.75, 3.05) is 26.2 Å². The Labute approximate surface area is 106 Å². The zero-order valence-corrected chi connectivity index (χ0v) is 11.2. The molecule has 0 amide bonds. The van der Waals surface area contributed by atoms with Gasteiger partial charge < -0.3 is 10.4 Å². The highest BCUT2D eigenvalue weighted by Crippen LogP contribution is 2.30. The number of aliphatic hydroxyl groups is 1. The second kappa shape index (κ2) is 6.17. The Bertz CT molecular complexity index is 220. The summed E-state index contributed by atoms with van der Waals surface area (Å²) in [6.07, 6.45) is 8.40. The van der Waals surface area contributed by atoms with Gasteiger partial charge in [0.1, 0.15) is 0 Å². The van der Waals surface area contributed by atoms with E-state index in [1.165, 1.54) is 38.6 Å². The molecule has 100 valence electrons. The topological polar surface area (TPSA) is 35.5 Å². The fourth-order valence-corrected chi connectivity index (χ4v) is 3.30. The number of nitrogens with one attached hydrogen (secondary N) is 1. The minimum atomic E-state index is -0.384. The van der Waals surface area contributed by atoms with Crippen LogP contribution in [-0.4, -0.2) is 47.8 Å². The molecule has 1 unspecified atom stereocenters. The van der Waals surface area contributed by atoms with Gasteiger partial charge in [0.25, 0.3) is 0 Å². The molecule has 0 bridgehead atoms. The standard InChI is InChI=1S/C14H28N2O/c1-2-16(11-13-7-3-6-10-15-13)12-14(17)8-4-5-9-14/h13,15,17H,2-12H2,1H3. The molecule has 1 saturated heterocycles. The van der Waals surface area contributed by atoms with Crippen LogP contribution in [0.15, 0.2) is 0 Å². The monoisotopic (exact) mass is 240 g/mol. The SMILES string of the molecule is CCN(CC1CCCCN1)CC1(O)CCCC1. The van der Waals surface area contributed by atoms with E-state index in [4.69, 9.17) is 0 Å². The summed E-state index contributed by atoms with van der Waals surface area (Å²) in [6.45, 7) is 6.43. The second-order valence-electron chi connectivity index (χ2n) is 5.91. The van der Waals surface area contributed by atoms with Crippen LogP contribution in [0.3, 0.4) is 0 Å². The number of likely N-dealkylation sites (N-methyl/N-ethyl adjacent to an activating group) is 1. The Morgan fingerprint density at radius 3 is 2.59 bits per heavy atom. The molecule has 2 fully saturated rings. The van der Waals surface area contributed by atoms with E-state index in [1.54, 1.807) is 0 Å². The van der Waals surface area contributed by atoms with Crippen molar-refractivity contribution in [1.82, 2.24) is 10.2 Å². The van der Waals surface area contributed by atoms with Gasteiger partial charge in [-0.05, 0) is 38.8 Å². The highest BCUT2D eigenvalue weighted by molar-refractivity contribution is 4.88. The summed E-state index contributed by atoms with van der Waals surface area (Å²) >= 11 is 0. The lowest BCUT2D eigenvalue weighted by Crippen LogP contribution is -2.48. The van der Waals surface area contributed by atoms with Crippen molar-refractivity contribution in [3.63, 3.8) is 0 Å². The Hall–Kier alpha value is -0.120. The first-order valence-corrected chi connectivity index (χ1v) is 7.40. The molecule has 1 aliphatic heterocycles. The van der Waals surface area contributed by atoms with Gasteiger partial charge in [0.2, 0.25) is 0 Å². The van der Waals surface area contributed by atoms with Gasteiger partial charge in [-0.1, -0.05) is 26.2 Å². The molecule has 0 spiro atoms. The van der Waals surface area contributed by atoms with E-state index in [-0.39, 0.29) is 5.60 Å². The molecule has 0 radical (unpaired) electrons. The minimum Gasteiger partial charge on any atom is -0.389 e. The summed E-state index contributed by atoms with van der Waals surface area (Å²) < 4.78 is 0. The predicted octanol–water partition coefficient (Wildman–Crippen LogP) is 1.76. The molecule has 0 aromatic heterocycles. The van der Waals surface area contributed by atoms with Crippen molar-refractivity contribution in [1.29, 1.82) is 0 Å². The number of rotatable bonds is 5. The van der Waals surface area contributed by atoms with E-state index >= 15 is 0 Å². The van der Waals surface area contributed by atoms with Gasteiger partial charge in [0.15, 0.2) is 0 Å². The predicted molar refractivity (Wildman–Crippen MR) is 71.2 cm³/mol. The molecule has 0 aromatic rings. The van der Waals surface area contributed by atoms with Crippen molar-refractivity contribution >= 4 is 0 Å². The van der Waals surface area contributed by atoms with E-state index < -0.39 is 0 Å². The third-order valence-electron chi connectivity index (χ3n) is 4.39. The van der Waals surface area contributed by atoms with Crippen molar-refractivity contribution in [2.45, 2.75) is 63.5 Å². The quantitative estimate of drug-likeness (QED) is 0.768. The highest BCUT2D eigenvalue weighted by atomic mass is 16.3. The summed E-state index contributed by atoms with van der Waals surface area (Å²) in [5, 5.41) is 14.1. The fourth-order valence-electron chi connectivity index (χ4n) is 3.30. The molecule has 1 saturated carbocycles. The van der Waals surface area contributed by atoms with E-state index in [1.807, 2.05) is 0 Å². The normalized spacial score (nSPS) is 28.8. The van der Waals surface area contributed by atoms with Crippen LogP contribution in [0.4, 0.5) is 0 Å². The molecule has 0 aromatic carbocycles. The van der Waals surface area contributed by atoms with E-state index in [0.717, 1.165) is 32.5 Å². The summed E-state index contributed by atoms with van der Waals surface area (Å²) in [4.78, 5) is 2.44. The Morgan fingerprint density at radius 2 is 2.00 bits per heavy atom. The van der Waals surface area contributed by atoms with Gasteiger partial charge in [0.05, 0.1) is 5.60 Å². The molecule has 1 heterocycles. The van der Waals surface area contributed by atoms with Crippen molar-refractivity contribution < 1.29 is 5.11 Å². The summed E-state index contributed by atoms with van der Waals surface area (Å²) in [5.41, 5.74) is -0.384. The molecule has 1 atom stereocenters. The van der Waals surface area contributed by atoms with Crippen molar-refractivity contribution in [2.24, 2.45) is 0 Å². The van der Waals surface area contributed by atoms with Crippen LogP contribution in [0.1, 0.15) is 51.9 Å². The lowest BCUT2D eigenvalue weighted by Gasteiger charge is -2.34. The summed E-state index contributed by atoms with van der Waals surface area (Å²) in [7, 11) is 0. The first-order chi connectivity index (χ1) is 8.22. The lowest BCUT2D eigenvalue weighted by molar-refractivity contribution is 0.00768. The summed E-state index contributed by atoms with van der Waals surface area (Å²) in [5.74, 6) is 0. The number of piperidine rings is 1. The van der Waals surface area contributed by atoms with Crippen LogP contribution in [-0.2, 0) is 0 Å². The van der Waals surface area contributed by atoms with E-state index in [2.05, 4.69) is 17.1 Å². The third-order valence-corrected chi connectivity index (χ3v) is 4.39. The number of hydrogen-bond acceptors (Lipinski definition) is 3. The highest BCUT2D eigenvalue weighted by Gasteiger charge is 2.33.